The van der Waals surface area contributed by atoms with Crippen LogP contribution in [-0.4, -0.2) is 65.5 Å². The van der Waals surface area contributed by atoms with Gasteiger partial charge in [0.05, 0.1) is 0 Å². The number of piperidine rings is 1. The van der Waals surface area contributed by atoms with Crippen LogP contribution in [0.4, 0.5) is 4.79 Å². The van der Waals surface area contributed by atoms with E-state index >= 15 is 0 Å². The Morgan fingerprint density at radius 1 is 1.11 bits per heavy atom. The Kier molecular flexibility index (Phi) is 6.52. The van der Waals surface area contributed by atoms with E-state index in [4.69, 9.17) is 4.74 Å². The number of benzene rings is 2. The third kappa shape index (κ3) is 4.41. The van der Waals surface area contributed by atoms with Gasteiger partial charge in [0.1, 0.15) is 12.3 Å². The van der Waals surface area contributed by atoms with Gasteiger partial charge in [-0.25, -0.2) is 9.59 Å². The molecule has 2 aromatic carbocycles. The summed E-state index contributed by atoms with van der Waals surface area (Å²) in [5.41, 5.74) is 4.80. The van der Waals surface area contributed by atoms with E-state index in [-0.39, 0.29) is 36.6 Å². The number of likely N-dealkylation sites (N-methyl/N-ethyl adjacent to an activating group) is 1. The van der Waals surface area contributed by atoms with Crippen molar-refractivity contribution in [3.63, 3.8) is 0 Å². The summed E-state index contributed by atoms with van der Waals surface area (Å²) in [6.07, 6.45) is 1.67. The van der Waals surface area contributed by atoms with Crippen molar-refractivity contribution < 1.29 is 14.3 Å². The van der Waals surface area contributed by atoms with Crippen LogP contribution in [0.5, 0.6) is 0 Å². The third-order valence-electron chi connectivity index (χ3n) is 7.65. The van der Waals surface area contributed by atoms with Gasteiger partial charge in [-0.2, -0.15) is 0 Å². The quantitative estimate of drug-likeness (QED) is 0.523. The van der Waals surface area contributed by atoms with Crippen molar-refractivity contribution in [2.45, 2.75) is 51.3 Å². The van der Waals surface area contributed by atoms with E-state index in [1.54, 1.807) is 0 Å². The number of fused-ring (bicyclic) bond motifs is 2. The van der Waals surface area contributed by atoms with E-state index < -0.39 is 0 Å². The number of esters is 1. The largest absolute Gasteiger partial charge is 0.456 e. The average molecular weight is 475 g/mol. The van der Waals surface area contributed by atoms with Gasteiger partial charge in [-0.05, 0) is 56.5 Å². The lowest BCUT2D eigenvalue weighted by molar-refractivity contribution is 0.0464. The molecule has 0 saturated carbocycles. The molecule has 0 bridgehead atoms. The Bertz CT molecular complexity index is 1220. The molecule has 0 spiro atoms. The molecule has 2 aliphatic rings. The summed E-state index contributed by atoms with van der Waals surface area (Å²) < 4.78 is 5.68. The van der Waals surface area contributed by atoms with Crippen molar-refractivity contribution in [1.29, 1.82) is 0 Å². The molecule has 1 aliphatic carbocycles. The summed E-state index contributed by atoms with van der Waals surface area (Å²) in [6, 6.07) is 16.4. The van der Waals surface area contributed by atoms with E-state index in [1.807, 2.05) is 55.1 Å². The van der Waals surface area contributed by atoms with Crippen LogP contribution in [0.15, 0.2) is 48.5 Å². The van der Waals surface area contributed by atoms with Crippen molar-refractivity contribution in [2.75, 3.05) is 26.7 Å². The number of nitrogens with one attached hydrogen (secondary N) is 2. The highest BCUT2D eigenvalue weighted by atomic mass is 16.5. The number of amides is 2. The van der Waals surface area contributed by atoms with Crippen LogP contribution in [-0.2, 0) is 17.8 Å². The molecule has 184 valence electrons. The molecular weight excluding hydrogens is 440 g/mol. The van der Waals surface area contributed by atoms with E-state index in [9.17, 15) is 9.59 Å². The number of aromatic nitrogens is 1. The Hall–Kier alpha value is -3.32. The summed E-state index contributed by atoms with van der Waals surface area (Å²) in [5, 5.41) is 4.40. The number of hydrogen-bond acceptors (Lipinski definition) is 4. The molecule has 0 radical (unpaired) electrons. The maximum atomic E-state index is 13.1. The highest BCUT2D eigenvalue weighted by Crippen LogP contribution is 2.44. The number of aromatic amines is 1. The lowest BCUT2D eigenvalue weighted by atomic mass is 9.73. The average Bonchev–Trinajstić information content (AvgIpc) is 3.24. The van der Waals surface area contributed by atoms with Gasteiger partial charge in [0.15, 0.2) is 0 Å². The minimum Gasteiger partial charge on any atom is -0.456 e. The fourth-order valence-corrected chi connectivity index (χ4v) is 5.88. The highest BCUT2D eigenvalue weighted by molar-refractivity contribution is 6.00. The first-order chi connectivity index (χ1) is 17.0. The SMILES string of the molecule is CCN(CC)C(=O)NC1C[C@@H]2c3cccc4[nH]c(C(=O)OCc5ccccc5)c(c34)C[C@H]2N(C)C1. The Balaban J connectivity index is 1.41. The Morgan fingerprint density at radius 2 is 1.89 bits per heavy atom. The second kappa shape index (κ2) is 9.74. The topological polar surface area (TPSA) is 77.7 Å². The monoisotopic (exact) mass is 474 g/mol. The van der Waals surface area contributed by atoms with Gasteiger partial charge in [-0.3, -0.25) is 0 Å². The number of rotatable bonds is 6. The van der Waals surface area contributed by atoms with Crippen LogP contribution in [0.2, 0.25) is 0 Å². The fourth-order valence-electron chi connectivity index (χ4n) is 5.88. The van der Waals surface area contributed by atoms with Gasteiger partial charge in [-0.1, -0.05) is 42.5 Å². The molecule has 1 aromatic heterocycles. The molecule has 7 heteroatoms. The van der Waals surface area contributed by atoms with Gasteiger partial charge in [0, 0.05) is 48.5 Å². The summed E-state index contributed by atoms with van der Waals surface area (Å²) in [5.74, 6) is -0.0248. The maximum absolute atomic E-state index is 13.1. The molecular formula is C28H34N4O3. The number of urea groups is 1. The number of carbonyl (C=O) groups is 2. The van der Waals surface area contributed by atoms with Gasteiger partial charge >= 0.3 is 12.0 Å². The van der Waals surface area contributed by atoms with Crippen LogP contribution in [0.3, 0.4) is 0 Å². The molecule has 1 unspecified atom stereocenters. The number of H-pyrrole nitrogens is 1. The molecule has 2 amide bonds. The molecule has 5 rings (SSSR count). The molecule has 1 aliphatic heterocycles. The summed E-state index contributed by atoms with van der Waals surface area (Å²) in [7, 11) is 2.12. The number of hydrogen-bond donors (Lipinski definition) is 2. The van der Waals surface area contributed by atoms with Gasteiger partial charge in [0.2, 0.25) is 0 Å². The molecule has 3 aromatic rings. The van der Waals surface area contributed by atoms with Crippen LogP contribution in [0.1, 0.15) is 53.4 Å². The van der Waals surface area contributed by atoms with Crippen molar-refractivity contribution in [3.05, 3.63) is 70.9 Å². The van der Waals surface area contributed by atoms with Crippen LogP contribution in [0.25, 0.3) is 10.9 Å². The predicted octanol–water partition coefficient (Wildman–Crippen LogP) is 4.29. The van der Waals surface area contributed by atoms with Crippen molar-refractivity contribution in [1.82, 2.24) is 20.1 Å². The van der Waals surface area contributed by atoms with E-state index in [0.29, 0.717) is 18.8 Å². The molecule has 1 saturated heterocycles. The molecule has 7 nitrogen and oxygen atoms in total. The highest BCUT2D eigenvalue weighted by Gasteiger charge is 2.41. The van der Waals surface area contributed by atoms with Crippen molar-refractivity contribution in [3.8, 4) is 0 Å². The Labute approximate surface area is 206 Å². The van der Waals surface area contributed by atoms with Gasteiger partial charge < -0.3 is 24.8 Å². The fraction of sp³-hybridized carbons (Fsp3) is 0.429. The van der Waals surface area contributed by atoms with E-state index in [2.05, 4.69) is 34.4 Å². The zero-order chi connectivity index (χ0) is 24.5. The second-order valence-electron chi connectivity index (χ2n) is 9.68. The molecule has 3 atom stereocenters. The third-order valence-corrected chi connectivity index (χ3v) is 7.65. The summed E-state index contributed by atoms with van der Waals surface area (Å²) in [4.78, 5) is 33.4. The Morgan fingerprint density at radius 3 is 2.63 bits per heavy atom. The molecule has 2 N–H and O–H groups in total. The summed E-state index contributed by atoms with van der Waals surface area (Å²) in [6.45, 7) is 6.45. The van der Waals surface area contributed by atoms with E-state index in [1.165, 1.54) is 5.56 Å². The second-order valence-corrected chi connectivity index (χ2v) is 9.68. The van der Waals surface area contributed by atoms with Crippen LogP contribution in [0, 0.1) is 0 Å². The number of likely N-dealkylation sites (tertiary alicyclic amines) is 1. The van der Waals surface area contributed by atoms with Crippen molar-refractivity contribution in [2.24, 2.45) is 0 Å². The molecule has 35 heavy (non-hydrogen) atoms. The van der Waals surface area contributed by atoms with E-state index in [0.717, 1.165) is 41.4 Å². The lowest BCUT2D eigenvalue weighted by Crippen LogP contribution is -2.56. The first-order valence-electron chi connectivity index (χ1n) is 12.6. The minimum atomic E-state index is -0.313. The van der Waals surface area contributed by atoms with Crippen LogP contribution >= 0.6 is 0 Å². The molecule has 1 fully saturated rings. The minimum absolute atomic E-state index is 0.00616. The number of ether oxygens (including phenoxy) is 1. The van der Waals surface area contributed by atoms with Gasteiger partial charge in [0.25, 0.3) is 0 Å². The molecule has 2 heterocycles. The van der Waals surface area contributed by atoms with Crippen LogP contribution < -0.4 is 5.32 Å². The zero-order valence-electron chi connectivity index (χ0n) is 20.7. The first kappa shape index (κ1) is 23.4. The smallest absolute Gasteiger partial charge is 0.355 e. The number of carbonyl (C=O) groups excluding carboxylic acids is 2. The lowest BCUT2D eigenvalue weighted by Gasteiger charge is -2.46. The van der Waals surface area contributed by atoms with Crippen molar-refractivity contribution >= 4 is 22.9 Å². The number of nitrogens with zero attached hydrogens (tertiary/aromatic N) is 2. The summed E-state index contributed by atoms with van der Waals surface area (Å²) >= 11 is 0. The van der Waals surface area contributed by atoms with Gasteiger partial charge in [-0.15, -0.1) is 0 Å². The maximum Gasteiger partial charge on any atom is 0.355 e. The first-order valence-corrected chi connectivity index (χ1v) is 12.6. The predicted molar refractivity (Wildman–Crippen MR) is 137 cm³/mol. The normalized spacial score (nSPS) is 21.4. The zero-order valence-corrected chi connectivity index (χ0v) is 20.7. The standard InChI is InChI=1S/C28H34N4O3/c1-4-32(5-2)28(34)29-19-14-21-20-12-9-13-23-25(20)22(15-24(21)31(3)16-19)26(30-23)27(33)35-17-18-10-7-6-8-11-18/h6-13,19,21,24,30H,4-5,14-17H2,1-3H3,(H,29,34)/t19?,21-,24-/m1/s1.